The second kappa shape index (κ2) is 8.06. The highest BCUT2D eigenvalue weighted by molar-refractivity contribution is 14.1. The molecule has 0 aliphatic heterocycles. The summed E-state index contributed by atoms with van der Waals surface area (Å²) in [5, 5.41) is 10.4. The lowest BCUT2D eigenvalue weighted by atomic mass is 10.0. The lowest BCUT2D eigenvalue weighted by Crippen LogP contribution is -2.02. The molecule has 0 unspecified atom stereocenters. The van der Waals surface area contributed by atoms with E-state index in [1.165, 1.54) is 0 Å². The van der Waals surface area contributed by atoms with Crippen molar-refractivity contribution in [3.8, 4) is 17.0 Å². The van der Waals surface area contributed by atoms with Crippen LogP contribution in [0, 0.1) is 3.57 Å². The highest BCUT2D eigenvalue weighted by atomic mass is 127. The van der Waals surface area contributed by atoms with Gasteiger partial charge in [-0.1, -0.05) is 42.5 Å². The molecular weight excluding hydrogens is 465 g/mol. The minimum absolute atomic E-state index is 0.0531. The molecule has 0 saturated carbocycles. The van der Waals surface area contributed by atoms with Crippen LogP contribution in [0.15, 0.2) is 72.8 Å². The van der Waals surface area contributed by atoms with Gasteiger partial charge in [0, 0.05) is 20.0 Å². The van der Waals surface area contributed by atoms with E-state index in [9.17, 15) is 9.90 Å². The average molecular weight is 483 g/mol. The number of para-hydroxylation sites is 1. The fourth-order valence-electron chi connectivity index (χ4n) is 3.32. The van der Waals surface area contributed by atoms with Gasteiger partial charge in [0.25, 0.3) is 0 Å². The molecule has 2 N–H and O–H groups in total. The van der Waals surface area contributed by atoms with E-state index >= 15 is 0 Å². The molecule has 4 aromatic rings. The Kier molecular flexibility index (Phi) is 5.34. The third-order valence-corrected chi connectivity index (χ3v) is 5.26. The number of carboxylic acid groups (broad SMARTS) is 1. The molecule has 0 fully saturated rings. The van der Waals surface area contributed by atoms with E-state index in [-0.39, 0.29) is 6.42 Å². The summed E-state index contributed by atoms with van der Waals surface area (Å²) in [6, 6.07) is 23.7. The Hall–Kier alpha value is -2.80. The van der Waals surface area contributed by atoms with Crippen molar-refractivity contribution in [2.75, 3.05) is 0 Å². The molecule has 140 valence electrons. The molecule has 4 rings (SSSR count). The summed E-state index contributed by atoms with van der Waals surface area (Å²) in [6.45, 7) is 0.449. The Morgan fingerprint density at radius 3 is 2.54 bits per heavy atom. The zero-order valence-corrected chi connectivity index (χ0v) is 17.1. The number of H-pyrrole nitrogens is 1. The Morgan fingerprint density at radius 1 is 1.00 bits per heavy atom. The Balaban J connectivity index is 1.78. The van der Waals surface area contributed by atoms with Gasteiger partial charge in [0.1, 0.15) is 12.4 Å². The molecule has 0 spiro atoms. The molecule has 3 aromatic carbocycles. The topological polar surface area (TPSA) is 62.3 Å². The maximum atomic E-state index is 11.5. The van der Waals surface area contributed by atoms with E-state index in [4.69, 9.17) is 4.74 Å². The van der Waals surface area contributed by atoms with Gasteiger partial charge in [0.05, 0.1) is 12.1 Å². The number of carbonyl (C=O) groups is 1. The van der Waals surface area contributed by atoms with Crippen LogP contribution in [0.3, 0.4) is 0 Å². The number of aromatic nitrogens is 1. The van der Waals surface area contributed by atoms with Gasteiger partial charge in [-0.05, 0) is 64.0 Å². The zero-order chi connectivity index (χ0) is 19.5. The van der Waals surface area contributed by atoms with Crippen LogP contribution >= 0.6 is 22.6 Å². The number of carboxylic acids is 1. The largest absolute Gasteiger partial charge is 0.488 e. The van der Waals surface area contributed by atoms with Crippen molar-refractivity contribution in [3.63, 3.8) is 0 Å². The van der Waals surface area contributed by atoms with Gasteiger partial charge < -0.3 is 14.8 Å². The second-order valence-corrected chi connectivity index (χ2v) is 7.76. The number of fused-ring (bicyclic) bond motifs is 1. The summed E-state index contributed by atoms with van der Waals surface area (Å²) in [5.74, 6) is -0.136. The van der Waals surface area contributed by atoms with Crippen LogP contribution in [0.4, 0.5) is 0 Å². The van der Waals surface area contributed by atoms with Crippen LogP contribution in [-0.4, -0.2) is 16.1 Å². The molecule has 0 amide bonds. The highest BCUT2D eigenvalue weighted by Gasteiger charge is 2.18. The lowest BCUT2D eigenvalue weighted by molar-refractivity contribution is -0.136. The number of ether oxygens (including phenoxy) is 1. The van der Waals surface area contributed by atoms with Gasteiger partial charge >= 0.3 is 5.97 Å². The van der Waals surface area contributed by atoms with E-state index in [0.717, 1.165) is 42.6 Å². The molecule has 28 heavy (non-hydrogen) atoms. The van der Waals surface area contributed by atoms with E-state index < -0.39 is 5.97 Å². The molecule has 1 aromatic heterocycles. The third kappa shape index (κ3) is 3.89. The summed E-state index contributed by atoms with van der Waals surface area (Å²) in [5.41, 5.74) is 4.43. The molecule has 0 atom stereocenters. The molecule has 0 aliphatic rings. The summed E-state index contributed by atoms with van der Waals surface area (Å²) in [7, 11) is 0. The first-order valence-corrected chi connectivity index (χ1v) is 9.97. The van der Waals surface area contributed by atoms with Crippen LogP contribution in [0.25, 0.3) is 22.2 Å². The molecule has 0 radical (unpaired) electrons. The first-order valence-electron chi connectivity index (χ1n) is 8.90. The van der Waals surface area contributed by atoms with Gasteiger partial charge in [-0.25, -0.2) is 0 Å². The predicted molar refractivity (Wildman–Crippen MR) is 119 cm³/mol. The summed E-state index contributed by atoms with van der Waals surface area (Å²) in [6.07, 6.45) is -0.0531. The normalized spacial score (nSPS) is 10.9. The van der Waals surface area contributed by atoms with Crippen LogP contribution in [0.2, 0.25) is 0 Å². The number of rotatable bonds is 6. The van der Waals surface area contributed by atoms with Gasteiger partial charge in [0.15, 0.2) is 0 Å². The molecule has 4 nitrogen and oxygen atoms in total. The number of hydrogen-bond donors (Lipinski definition) is 2. The number of benzene rings is 3. The zero-order valence-electron chi connectivity index (χ0n) is 15.0. The van der Waals surface area contributed by atoms with Crippen molar-refractivity contribution in [1.82, 2.24) is 4.98 Å². The lowest BCUT2D eigenvalue weighted by Gasteiger charge is -2.12. The van der Waals surface area contributed by atoms with Crippen LogP contribution in [-0.2, 0) is 17.8 Å². The van der Waals surface area contributed by atoms with E-state index in [1.807, 2.05) is 72.8 Å². The number of aliphatic carboxylic acids is 1. The van der Waals surface area contributed by atoms with Crippen molar-refractivity contribution in [3.05, 3.63) is 87.5 Å². The molecule has 0 bridgehead atoms. The fraction of sp³-hybridized carbons (Fsp3) is 0.0870. The average Bonchev–Trinajstić information content (AvgIpc) is 3.04. The predicted octanol–water partition coefficient (Wildman–Crippen LogP) is 5.65. The molecule has 0 saturated heterocycles. The Morgan fingerprint density at radius 2 is 1.75 bits per heavy atom. The fourth-order valence-corrected chi connectivity index (χ4v) is 3.81. The van der Waals surface area contributed by atoms with Crippen molar-refractivity contribution in [2.45, 2.75) is 13.0 Å². The van der Waals surface area contributed by atoms with Crippen molar-refractivity contribution in [2.24, 2.45) is 0 Å². The minimum Gasteiger partial charge on any atom is -0.488 e. The maximum absolute atomic E-state index is 11.5. The SMILES string of the molecule is O=C(O)Cc1c(-c2ccccc2OCc2ccccc2)[nH]c2ccc(I)cc12. The van der Waals surface area contributed by atoms with E-state index in [2.05, 4.69) is 27.6 Å². The summed E-state index contributed by atoms with van der Waals surface area (Å²) >= 11 is 2.24. The van der Waals surface area contributed by atoms with E-state index in [1.54, 1.807) is 0 Å². The number of hydrogen-bond acceptors (Lipinski definition) is 2. The Labute approximate surface area is 176 Å². The third-order valence-electron chi connectivity index (χ3n) is 4.59. The smallest absolute Gasteiger partial charge is 0.307 e. The molecule has 1 heterocycles. The second-order valence-electron chi connectivity index (χ2n) is 6.51. The first kappa shape index (κ1) is 18.6. The minimum atomic E-state index is -0.858. The monoisotopic (exact) mass is 483 g/mol. The first-order chi connectivity index (χ1) is 13.6. The van der Waals surface area contributed by atoms with E-state index in [0.29, 0.717) is 6.61 Å². The van der Waals surface area contributed by atoms with Crippen LogP contribution < -0.4 is 4.74 Å². The van der Waals surface area contributed by atoms with Crippen molar-refractivity contribution >= 4 is 39.5 Å². The van der Waals surface area contributed by atoms with Gasteiger partial charge in [-0.3, -0.25) is 4.79 Å². The standard InChI is InChI=1S/C23H18INO3/c24-16-10-11-20-18(12-16)19(13-22(26)27)23(25-20)17-8-4-5-9-21(17)28-14-15-6-2-1-3-7-15/h1-12,25H,13-14H2,(H,26,27). The maximum Gasteiger partial charge on any atom is 0.307 e. The van der Waals surface area contributed by atoms with Gasteiger partial charge in [-0.2, -0.15) is 0 Å². The Bertz CT molecular complexity index is 1140. The number of nitrogens with one attached hydrogen (secondary N) is 1. The summed E-state index contributed by atoms with van der Waals surface area (Å²) in [4.78, 5) is 14.9. The molecule has 5 heteroatoms. The van der Waals surface area contributed by atoms with Gasteiger partial charge in [-0.15, -0.1) is 0 Å². The molecular formula is C23H18INO3. The summed E-state index contributed by atoms with van der Waals surface area (Å²) < 4.78 is 7.15. The van der Waals surface area contributed by atoms with Crippen molar-refractivity contribution in [1.29, 1.82) is 0 Å². The van der Waals surface area contributed by atoms with Crippen molar-refractivity contribution < 1.29 is 14.6 Å². The van der Waals surface area contributed by atoms with Crippen LogP contribution in [0.1, 0.15) is 11.1 Å². The van der Waals surface area contributed by atoms with Crippen LogP contribution in [0.5, 0.6) is 5.75 Å². The quantitative estimate of drug-likeness (QED) is 0.349. The highest BCUT2D eigenvalue weighted by Crippen LogP contribution is 2.36. The number of halogens is 1. The molecule has 0 aliphatic carbocycles. The number of aromatic amines is 1. The van der Waals surface area contributed by atoms with Gasteiger partial charge in [0.2, 0.25) is 0 Å².